The van der Waals surface area contributed by atoms with E-state index in [9.17, 15) is 14.4 Å². The maximum absolute atomic E-state index is 13.0. The van der Waals surface area contributed by atoms with Crippen LogP contribution in [0.3, 0.4) is 0 Å². The molecule has 35 heavy (non-hydrogen) atoms. The number of amides is 3. The van der Waals surface area contributed by atoms with Crippen molar-refractivity contribution in [3.63, 3.8) is 0 Å². The predicted molar refractivity (Wildman–Crippen MR) is 130 cm³/mol. The molecule has 1 aromatic rings. The van der Waals surface area contributed by atoms with Crippen LogP contribution >= 0.6 is 0 Å². The van der Waals surface area contributed by atoms with Crippen LogP contribution in [0.25, 0.3) is 0 Å². The molecule has 1 saturated carbocycles. The molecule has 3 fully saturated rings. The second-order valence-electron chi connectivity index (χ2n) is 11.1. The van der Waals surface area contributed by atoms with Crippen LogP contribution in [-0.4, -0.2) is 59.6 Å². The summed E-state index contributed by atoms with van der Waals surface area (Å²) in [7, 11) is 0. The molecule has 190 valence electrons. The number of imide groups is 1. The molecular weight excluding hydrogens is 446 g/mol. The Morgan fingerprint density at radius 3 is 2.77 bits per heavy atom. The number of benzene rings is 1. The lowest BCUT2D eigenvalue weighted by Crippen LogP contribution is -2.52. The lowest BCUT2D eigenvalue weighted by atomic mass is 9.87. The molecule has 4 atom stereocenters. The molecule has 0 aromatic heterocycles. The number of fused-ring (bicyclic) bond motifs is 1. The van der Waals surface area contributed by atoms with Gasteiger partial charge >= 0.3 is 0 Å². The summed E-state index contributed by atoms with van der Waals surface area (Å²) in [6.45, 7) is 6.52. The highest BCUT2D eigenvalue weighted by molar-refractivity contribution is 6.05. The highest BCUT2D eigenvalue weighted by atomic mass is 16.5. The highest BCUT2D eigenvalue weighted by Gasteiger charge is 2.39. The van der Waals surface area contributed by atoms with Gasteiger partial charge < -0.3 is 19.7 Å². The average molecular weight is 484 g/mol. The summed E-state index contributed by atoms with van der Waals surface area (Å²) >= 11 is 0. The lowest BCUT2D eigenvalue weighted by molar-refractivity contribution is -0.136. The number of nitrogens with zero attached hydrogens (tertiary/aromatic N) is 1. The Kier molecular flexibility index (Phi) is 6.86. The average Bonchev–Trinajstić information content (AvgIpc) is 3.13. The quantitative estimate of drug-likeness (QED) is 0.604. The Morgan fingerprint density at radius 1 is 1.14 bits per heavy atom. The molecule has 0 radical (unpaired) electrons. The van der Waals surface area contributed by atoms with Crippen molar-refractivity contribution in [1.82, 2.24) is 15.5 Å². The Balaban J connectivity index is 1.21. The summed E-state index contributed by atoms with van der Waals surface area (Å²) in [4.78, 5) is 38.3. The van der Waals surface area contributed by atoms with Gasteiger partial charge in [0.25, 0.3) is 5.91 Å². The molecule has 0 bridgehead atoms. The second kappa shape index (κ2) is 9.90. The van der Waals surface area contributed by atoms with E-state index in [2.05, 4.69) is 24.5 Å². The number of hydrogen-bond donors (Lipinski definition) is 2. The first-order valence-corrected chi connectivity index (χ1v) is 13.1. The number of piperidine rings is 1. The van der Waals surface area contributed by atoms with E-state index in [0.29, 0.717) is 30.5 Å². The molecule has 2 unspecified atom stereocenters. The van der Waals surface area contributed by atoms with Gasteiger partial charge in [-0.15, -0.1) is 0 Å². The van der Waals surface area contributed by atoms with Crippen molar-refractivity contribution in [1.29, 1.82) is 0 Å². The van der Waals surface area contributed by atoms with E-state index in [1.54, 1.807) is 4.90 Å². The standard InChI is InChI=1S/C27H37N3O5/c1-27(2)14-17(11-12-34-27)15-28-21-5-3-4-6-23(21)35-19-7-8-20-18(13-19)16-30(26(20)33)22-9-10-24(31)29-25(22)32/h7-8,13,17,21-23,28H,3-6,9-12,14-16H2,1-2H3,(H,29,31,32)/t17?,21-,22?,23+/m0/s1. The minimum atomic E-state index is -0.598. The van der Waals surface area contributed by atoms with Crippen molar-refractivity contribution in [3.05, 3.63) is 29.3 Å². The highest BCUT2D eigenvalue weighted by Crippen LogP contribution is 2.32. The van der Waals surface area contributed by atoms with Crippen LogP contribution in [0.15, 0.2) is 18.2 Å². The van der Waals surface area contributed by atoms with Crippen LogP contribution in [-0.2, 0) is 20.9 Å². The normalized spacial score (nSPS) is 30.7. The maximum atomic E-state index is 13.0. The first-order chi connectivity index (χ1) is 16.8. The molecule has 8 nitrogen and oxygen atoms in total. The third-order valence-corrected chi connectivity index (χ3v) is 7.95. The molecule has 3 aliphatic heterocycles. The van der Waals surface area contributed by atoms with Crippen LogP contribution in [0.5, 0.6) is 5.75 Å². The van der Waals surface area contributed by atoms with E-state index < -0.39 is 6.04 Å². The Bertz CT molecular complexity index is 993. The smallest absolute Gasteiger partial charge is 0.255 e. The second-order valence-corrected chi connectivity index (χ2v) is 11.1. The van der Waals surface area contributed by atoms with Gasteiger partial charge in [-0.3, -0.25) is 19.7 Å². The Morgan fingerprint density at radius 2 is 1.97 bits per heavy atom. The fraction of sp³-hybridized carbons (Fsp3) is 0.667. The molecule has 4 aliphatic rings. The molecule has 3 amide bonds. The molecule has 8 heteroatoms. The third-order valence-electron chi connectivity index (χ3n) is 7.95. The van der Waals surface area contributed by atoms with Gasteiger partial charge in [0.1, 0.15) is 17.9 Å². The lowest BCUT2D eigenvalue weighted by Gasteiger charge is -2.38. The zero-order valence-electron chi connectivity index (χ0n) is 20.8. The molecule has 3 heterocycles. The number of nitrogens with one attached hydrogen (secondary N) is 2. The summed E-state index contributed by atoms with van der Waals surface area (Å²) < 4.78 is 12.4. The van der Waals surface area contributed by atoms with E-state index in [0.717, 1.165) is 56.6 Å². The topological polar surface area (TPSA) is 97.0 Å². The number of carbonyl (C=O) groups is 3. The summed E-state index contributed by atoms with van der Waals surface area (Å²) in [5, 5.41) is 6.16. The van der Waals surface area contributed by atoms with Crippen LogP contribution in [0, 0.1) is 5.92 Å². The molecule has 1 aliphatic carbocycles. The van der Waals surface area contributed by atoms with Crippen LogP contribution in [0.4, 0.5) is 0 Å². The monoisotopic (exact) mass is 483 g/mol. The molecule has 1 aromatic carbocycles. The van der Waals surface area contributed by atoms with Crippen LogP contribution < -0.4 is 15.4 Å². The van der Waals surface area contributed by atoms with Gasteiger partial charge in [-0.2, -0.15) is 0 Å². The van der Waals surface area contributed by atoms with E-state index in [-0.39, 0.29) is 35.8 Å². The van der Waals surface area contributed by atoms with E-state index in [1.165, 1.54) is 6.42 Å². The van der Waals surface area contributed by atoms with E-state index in [4.69, 9.17) is 9.47 Å². The van der Waals surface area contributed by atoms with Gasteiger partial charge in [0.2, 0.25) is 11.8 Å². The van der Waals surface area contributed by atoms with Crippen molar-refractivity contribution in [2.45, 2.75) is 95.5 Å². The predicted octanol–water partition coefficient (Wildman–Crippen LogP) is 2.93. The summed E-state index contributed by atoms with van der Waals surface area (Å²) in [6.07, 6.45) is 7.35. The largest absolute Gasteiger partial charge is 0.489 e. The SMILES string of the molecule is CC1(C)CC(CN[C@H]2CCCC[C@H]2Oc2ccc3c(c2)CN(C2CCC(=O)NC2=O)C3=O)CCO1. The van der Waals surface area contributed by atoms with Crippen molar-refractivity contribution < 1.29 is 23.9 Å². The summed E-state index contributed by atoms with van der Waals surface area (Å²) in [5.41, 5.74) is 1.45. The fourth-order valence-electron chi connectivity index (χ4n) is 6.12. The van der Waals surface area contributed by atoms with Crippen molar-refractivity contribution >= 4 is 17.7 Å². The zero-order valence-corrected chi connectivity index (χ0v) is 20.8. The summed E-state index contributed by atoms with van der Waals surface area (Å²) in [5.74, 6) is 0.570. The first-order valence-electron chi connectivity index (χ1n) is 13.1. The van der Waals surface area contributed by atoms with Crippen molar-refractivity contribution in [2.24, 2.45) is 5.92 Å². The molecule has 5 rings (SSSR count). The maximum Gasteiger partial charge on any atom is 0.255 e. The van der Waals surface area contributed by atoms with Gasteiger partial charge in [0, 0.05) is 31.2 Å². The third kappa shape index (κ3) is 5.38. The number of hydrogen-bond acceptors (Lipinski definition) is 6. The Hall–Kier alpha value is -2.45. The molecular formula is C27H37N3O5. The van der Waals surface area contributed by atoms with Crippen molar-refractivity contribution in [3.8, 4) is 5.75 Å². The molecule has 2 N–H and O–H groups in total. The van der Waals surface area contributed by atoms with Crippen LogP contribution in [0.2, 0.25) is 0 Å². The first kappa shape index (κ1) is 24.3. The number of carbonyl (C=O) groups excluding carboxylic acids is 3. The molecule has 0 spiro atoms. The number of rotatable bonds is 6. The minimum absolute atomic E-state index is 0.0450. The Labute approximate surface area is 207 Å². The van der Waals surface area contributed by atoms with Crippen molar-refractivity contribution in [2.75, 3.05) is 13.2 Å². The fourth-order valence-corrected chi connectivity index (χ4v) is 6.12. The van der Waals surface area contributed by atoms with Gasteiger partial charge in [-0.25, -0.2) is 0 Å². The van der Waals surface area contributed by atoms with Gasteiger partial charge in [-0.05, 0) is 88.6 Å². The van der Waals surface area contributed by atoms with E-state index >= 15 is 0 Å². The minimum Gasteiger partial charge on any atom is -0.489 e. The van der Waals surface area contributed by atoms with Crippen LogP contribution in [0.1, 0.15) is 81.1 Å². The van der Waals surface area contributed by atoms with Gasteiger partial charge in [-0.1, -0.05) is 6.42 Å². The zero-order chi connectivity index (χ0) is 24.6. The summed E-state index contributed by atoms with van der Waals surface area (Å²) in [6, 6.07) is 5.35. The molecule has 2 saturated heterocycles. The van der Waals surface area contributed by atoms with E-state index in [1.807, 2.05) is 18.2 Å². The van der Waals surface area contributed by atoms with Gasteiger partial charge in [0.05, 0.1) is 5.60 Å². The van der Waals surface area contributed by atoms with Gasteiger partial charge in [0.15, 0.2) is 0 Å². The number of ether oxygens (including phenoxy) is 2.